The zero-order valence-corrected chi connectivity index (χ0v) is 17.0. The predicted octanol–water partition coefficient (Wildman–Crippen LogP) is 4.24. The molecule has 5 heteroatoms. The van der Waals surface area contributed by atoms with Crippen LogP contribution in [0.3, 0.4) is 0 Å². The van der Waals surface area contributed by atoms with Gasteiger partial charge in [-0.3, -0.25) is 9.59 Å². The molecule has 2 unspecified atom stereocenters. The van der Waals surface area contributed by atoms with E-state index in [2.05, 4.69) is 22.5 Å². The van der Waals surface area contributed by atoms with Crippen LogP contribution in [0, 0.1) is 12.8 Å². The lowest BCUT2D eigenvalue weighted by Crippen LogP contribution is -2.37. The van der Waals surface area contributed by atoms with Gasteiger partial charge in [0, 0.05) is 41.1 Å². The van der Waals surface area contributed by atoms with Crippen molar-refractivity contribution in [3.63, 3.8) is 0 Å². The number of allylic oxidation sites excluding steroid dienone is 3. The average molecular weight is 387 g/mol. The van der Waals surface area contributed by atoms with Gasteiger partial charge in [0.05, 0.1) is 0 Å². The molecular weight excluding hydrogens is 362 g/mol. The van der Waals surface area contributed by atoms with Crippen molar-refractivity contribution in [2.75, 3.05) is 5.32 Å². The van der Waals surface area contributed by atoms with E-state index in [4.69, 9.17) is 0 Å². The van der Waals surface area contributed by atoms with Gasteiger partial charge in [-0.15, -0.1) is 0 Å². The molecule has 29 heavy (non-hydrogen) atoms. The quantitative estimate of drug-likeness (QED) is 0.826. The van der Waals surface area contributed by atoms with Gasteiger partial charge in [0.1, 0.15) is 5.82 Å². The lowest BCUT2D eigenvalue weighted by atomic mass is 9.73. The molecule has 0 saturated carbocycles. The molecule has 2 N–H and O–H groups in total. The molecule has 0 radical (unpaired) electrons. The number of anilines is 1. The van der Waals surface area contributed by atoms with Gasteiger partial charge in [-0.1, -0.05) is 42.8 Å². The van der Waals surface area contributed by atoms with Gasteiger partial charge in [0.2, 0.25) is 0 Å². The number of aryl methyl sites for hydroxylation is 1. The van der Waals surface area contributed by atoms with Crippen molar-refractivity contribution in [3.05, 3.63) is 82.3 Å². The van der Waals surface area contributed by atoms with Gasteiger partial charge in [-0.05, 0) is 43.9 Å². The fraction of sp³-hybridized carbons (Fsp3) is 0.292. The van der Waals surface area contributed by atoms with Crippen LogP contribution in [0.25, 0.3) is 0 Å². The number of hydrogen-bond donors (Lipinski definition) is 2. The van der Waals surface area contributed by atoms with Crippen molar-refractivity contribution in [2.45, 2.75) is 39.5 Å². The Morgan fingerprint density at radius 1 is 1.10 bits per heavy atom. The molecule has 2 atom stereocenters. The minimum atomic E-state index is -0.379. The van der Waals surface area contributed by atoms with E-state index in [0.717, 1.165) is 34.5 Å². The standard InChI is InChI=1S/C24H25N3O2/c1-14-7-9-17(10-8-14)22-21(24(29)27-20-6-4-5-11-25-20)16(3)26-18-12-15(2)13-19(28)23(18)22/h4-11,15,22,26H,12-13H2,1-3H3,(H,25,27,29). The van der Waals surface area contributed by atoms with Gasteiger partial charge < -0.3 is 10.6 Å². The maximum Gasteiger partial charge on any atom is 0.255 e. The summed E-state index contributed by atoms with van der Waals surface area (Å²) in [6, 6.07) is 13.5. The Labute approximate surface area is 170 Å². The topological polar surface area (TPSA) is 71.1 Å². The summed E-state index contributed by atoms with van der Waals surface area (Å²) in [5.41, 5.74) is 5.12. The first-order valence-electron chi connectivity index (χ1n) is 9.97. The minimum absolute atomic E-state index is 0.118. The summed E-state index contributed by atoms with van der Waals surface area (Å²) in [5.74, 6) is 0.285. The monoisotopic (exact) mass is 387 g/mol. The molecule has 0 bridgehead atoms. The number of amides is 1. The highest BCUT2D eigenvalue weighted by Crippen LogP contribution is 2.43. The zero-order valence-electron chi connectivity index (χ0n) is 17.0. The molecule has 2 heterocycles. The largest absolute Gasteiger partial charge is 0.362 e. The van der Waals surface area contributed by atoms with Crippen molar-refractivity contribution in [2.24, 2.45) is 5.92 Å². The van der Waals surface area contributed by atoms with Gasteiger partial charge in [-0.2, -0.15) is 0 Å². The van der Waals surface area contributed by atoms with E-state index in [1.165, 1.54) is 0 Å². The van der Waals surface area contributed by atoms with Gasteiger partial charge in [-0.25, -0.2) is 4.98 Å². The predicted molar refractivity (Wildman–Crippen MR) is 113 cm³/mol. The van der Waals surface area contributed by atoms with Crippen molar-refractivity contribution in [1.82, 2.24) is 10.3 Å². The molecule has 148 valence electrons. The molecule has 0 spiro atoms. The van der Waals surface area contributed by atoms with Crippen molar-refractivity contribution >= 4 is 17.5 Å². The molecule has 1 aromatic carbocycles. The molecule has 2 aromatic rings. The molecule has 1 aliphatic heterocycles. The summed E-state index contributed by atoms with van der Waals surface area (Å²) in [7, 11) is 0. The number of nitrogens with zero attached hydrogens (tertiary/aromatic N) is 1. The Kier molecular flexibility index (Phi) is 5.05. The number of hydrogen-bond acceptors (Lipinski definition) is 4. The van der Waals surface area contributed by atoms with E-state index in [1.54, 1.807) is 18.3 Å². The summed E-state index contributed by atoms with van der Waals surface area (Å²) in [5, 5.41) is 6.25. The van der Waals surface area contributed by atoms with Gasteiger partial charge >= 0.3 is 0 Å². The van der Waals surface area contributed by atoms with Crippen LogP contribution < -0.4 is 10.6 Å². The summed E-state index contributed by atoms with van der Waals surface area (Å²) < 4.78 is 0. The van der Waals surface area contributed by atoms with Crippen LogP contribution in [0.4, 0.5) is 5.82 Å². The number of rotatable bonds is 3. The first-order chi connectivity index (χ1) is 13.9. The second-order valence-corrected chi connectivity index (χ2v) is 8.01. The molecule has 0 fully saturated rings. The lowest BCUT2D eigenvalue weighted by Gasteiger charge is -2.36. The Bertz CT molecular complexity index is 1020. The highest BCUT2D eigenvalue weighted by molar-refractivity contribution is 6.09. The van der Waals surface area contributed by atoms with Crippen LogP contribution in [-0.4, -0.2) is 16.7 Å². The molecule has 1 aromatic heterocycles. The highest BCUT2D eigenvalue weighted by atomic mass is 16.2. The van der Waals surface area contributed by atoms with Gasteiger partial charge in [0.25, 0.3) is 5.91 Å². The second kappa shape index (κ2) is 7.66. The number of nitrogens with one attached hydrogen (secondary N) is 2. The third kappa shape index (κ3) is 3.73. The average Bonchev–Trinajstić information content (AvgIpc) is 2.68. The number of ketones is 1. The molecule has 4 rings (SSSR count). The normalized spacial score (nSPS) is 21.6. The zero-order chi connectivity index (χ0) is 20.5. The summed E-state index contributed by atoms with van der Waals surface area (Å²) in [6.45, 7) is 6.02. The summed E-state index contributed by atoms with van der Waals surface area (Å²) in [6.07, 6.45) is 2.97. The first kappa shape index (κ1) is 19.1. The maximum absolute atomic E-state index is 13.3. The van der Waals surface area contributed by atoms with Crippen molar-refractivity contribution in [3.8, 4) is 0 Å². The molecule has 2 aliphatic rings. The van der Waals surface area contributed by atoms with Gasteiger partial charge in [0.15, 0.2) is 5.78 Å². The number of dihydropyridines is 1. The van der Waals surface area contributed by atoms with E-state index in [1.807, 2.05) is 44.2 Å². The highest BCUT2D eigenvalue weighted by Gasteiger charge is 2.39. The Hall–Kier alpha value is -3.21. The van der Waals surface area contributed by atoms with E-state index in [-0.39, 0.29) is 17.6 Å². The van der Waals surface area contributed by atoms with Crippen LogP contribution in [0.5, 0.6) is 0 Å². The van der Waals surface area contributed by atoms with Crippen LogP contribution in [0.2, 0.25) is 0 Å². The third-order valence-electron chi connectivity index (χ3n) is 5.59. The number of benzene rings is 1. The maximum atomic E-state index is 13.3. The van der Waals surface area contributed by atoms with Crippen molar-refractivity contribution in [1.29, 1.82) is 0 Å². The third-order valence-corrected chi connectivity index (χ3v) is 5.59. The number of carbonyl (C=O) groups is 2. The molecule has 1 aliphatic carbocycles. The summed E-state index contributed by atoms with van der Waals surface area (Å²) in [4.78, 5) is 30.5. The van der Waals surface area contributed by atoms with Crippen LogP contribution >= 0.6 is 0 Å². The van der Waals surface area contributed by atoms with E-state index in [0.29, 0.717) is 23.7 Å². The number of Topliss-reactive ketones (excluding diaryl/α,β-unsaturated/α-hetero) is 1. The molecule has 0 saturated heterocycles. The molecule has 1 amide bonds. The van der Waals surface area contributed by atoms with Crippen LogP contribution in [0.15, 0.2) is 71.2 Å². The molecule has 5 nitrogen and oxygen atoms in total. The summed E-state index contributed by atoms with van der Waals surface area (Å²) >= 11 is 0. The van der Waals surface area contributed by atoms with E-state index >= 15 is 0 Å². The lowest BCUT2D eigenvalue weighted by molar-refractivity contribution is -0.117. The smallest absolute Gasteiger partial charge is 0.255 e. The van der Waals surface area contributed by atoms with E-state index < -0.39 is 0 Å². The van der Waals surface area contributed by atoms with Crippen LogP contribution in [0.1, 0.15) is 43.7 Å². The first-order valence-corrected chi connectivity index (χ1v) is 9.97. The molecular formula is C24H25N3O2. The fourth-order valence-corrected chi connectivity index (χ4v) is 4.25. The Balaban J connectivity index is 1.80. The van der Waals surface area contributed by atoms with Crippen molar-refractivity contribution < 1.29 is 9.59 Å². The Morgan fingerprint density at radius 3 is 2.55 bits per heavy atom. The van der Waals surface area contributed by atoms with E-state index in [9.17, 15) is 9.59 Å². The number of carbonyl (C=O) groups excluding carboxylic acids is 2. The number of pyridine rings is 1. The minimum Gasteiger partial charge on any atom is -0.362 e. The number of aromatic nitrogens is 1. The fourth-order valence-electron chi connectivity index (χ4n) is 4.25. The Morgan fingerprint density at radius 2 is 1.86 bits per heavy atom. The van der Waals surface area contributed by atoms with Crippen LogP contribution in [-0.2, 0) is 9.59 Å². The SMILES string of the molecule is CC1=C(C(=O)Nc2ccccn2)C(c2ccc(C)cc2)C2=C(CC(C)CC2=O)N1. The second-order valence-electron chi connectivity index (χ2n) is 8.01.